The number of aryl methyl sites for hydroxylation is 2. The van der Waals surface area contributed by atoms with Crippen molar-refractivity contribution in [2.75, 3.05) is 24.3 Å². The molecule has 0 heterocycles. The van der Waals surface area contributed by atoms with E-state index < -0.39 is 10.0 Å². The maximum absolute atomic E-state index is 12.8. The third-order valence-electron chi connectivity index (χ3n) is 4.75. The van der Waals surface area contributed by atoms with Gasteiger partial charge in [-0.25, -0.2) is 8.42 Å². The Bertz CT molecular complexity index is 1160. The molecule has 2 N–H and O–H groups in total. The molecule has 0 aliphatic rings. The first-order chi connectivity index (χ1) is 14.7. The van der Waals surface area contributed by atoms with E-state index in [-0.39, 0.29) is 10.8 Å². The first kappa shape index (κ1) is 22.2. The van der Waals surface area contributed by atoms with Gasteiger partial charge in [-0.15, -0.1) is 0 Å². The molecule has 0 spiro atoms. The Hall–Kier alpha value is -3.52. The van der Waals surface area contributed by atoms with Crippen LogP contribution in [-0.2, 0) is 10.0 Å². The van der Waals surface area contributed by atoms with Gasteiger partial charge in [0.1, 0.15) is 11.5 Å². The van der Waals surface area contributed by atoms with Gasteiger partial charge in [0.05, 0.1) is 24.8 Å². The highest BCUT2D eigenvalue weighted by Crippen LogP contribution is 2.25. The maximum Gasteiger partial charge on any atom is 0.261 e. The fraction of sp³-hybridized carbons (Fsp3) is 0.174. The fourth-order valence-corrected chi connectivity index (χ4v) is 4.23. The minimum Gasteiger partial charge on any atom is -0.497 e. The number of ether oxygens (including phenoxy) is 2. The van der Waals surface area contributed by atoms with E-state index in [4.69, 9.17) is 9.47 Å². The second kappa shape index (κ2) is 9.09. The van der Waals surface area contributed by atoms with Crippen molar-refractivity contribution in [3.05, 3.63) is 77.4 Å². The Kier molecular flexibility index (Phi) is 6.50. The normalized spacial score (nSPS) is 11.0. The van der Waals surface area contributed by atoms with Gasteiger partial charge in [0, 0.05) is 17.3 Å². The zero-order chi connectivity index (χ0) is 22.6. The zero-order valence-corrected chi connectivity index (χ0v) is 18.5. The summed E-state index contributed by atoms with van der Waals surface area (Å²) in [4.78, 5) is 12.7. The summed E-state index contributed by atoms with van der Waals surface area (Å²) in [7, 11) is -0.765. The van der Waals surface area contributed by atoms with Crippen LogP contribution in [-0.4, -0.2) is 28.5 Å². The van der Waals surface area contributed by atoms with Crippen molar-refractivity contribution in [2.24, 2.45) is 0 Å². The number of hydrogen-bond donors (Lipinski definition) is 2. The number of methoxy groups -OCH3 is 2. The molecule has 0 atom stereocenters. The van der Waals surface area contributed by atoms with E-state index >= 15 is 0 Å². The predicted octanol–water partition coefficient (Wildman–Crippen LogP) is 4.37. The number of para-hydroxylation sites is 1. The number of hydrogen-bond acceptors (Lipinski definition) is 5. The maximum atomic E-state index is 12.8. The molecule has 3 rings (SSSR count). The monoisotopic (exact) mass is 440 g/mol. The quantitative estimate of drug-likeness (QED) is 0.569. The third-order valence-corrected chi connectivity index (χ3v) is 6.12. The first-order valence-electron chi connectivity index (χ1n) is 9.47. The molecule has 0 aliphatic carbocycles. The molecule has 0 aromatic heterocycles. The SMILES string of the molecule is COc1cc(OC)cc(C(=O)Nc2ccc(S(=O)(=O)Nc3c(C)cccc3C)cc2)c1. The molecule has 1 amide bonds. The second-order valence-corrected chi connectivity index (χ2v) is 8.63. The Morgan fingerprint density at radius 1 is 0.839 bits per heavy atom. The highest BCUT2D eigenvalue weighted by molar-refractivity contribution is 7.92. The topological polar surface area (TPSA) is 93.7 Å². The van der Waals surface area contributed by atoms with Gasteiger partial charge in [-0.3, -0.25) is 9.52 Å². The Labute approximate surface area is 182 Å². The molecule has 7 nitrogen and oxygen atoms in total. The van der Waals surface area contributed by atoms with E-state index in [2.05, 4.69) is 10.0 Å². The lowest BCUT2D eigenvalue weighted by Gasteiger charge is -2.14. The largest absolute Gasteiger partial charge is 0.497 e. The van der Waals surface area contributed by atoms with Crippen LogP contribution < -0.4 is 19.5 Å². The number of rotatable bonds is 7. The van der Waals surface area contributed by atoms with Gasteiger partial charge in [-0.2, -0.15) is 0 Å². The number of benzene rings is 3. The molecule has 0 radical (unpaired) electrons. The van der Waals surface area contributed by atoms with Crippen molar-refractivity contribution in [2.45, 2.75) is 18.7 Å². The van der Waals surface area contributed by atoms with Crippen molar-refractivity contribution in [3.63, 3.8) is 0 Å². The van der Waals surface area contributed by atoms with Gasteiger partial charge >= 0.3 is 0 Å². The number of carbonyl (C=O) groups excluding carboxylic acids is 1. The van der Waals surface area contributed by atoms with E-state index in [0.29, 0.717) is 28.4 Å². The molecular formula is C23H24N2O5S. The van der Waals surface area contributed by atoms with Crippen LogP contribution in [0.25, 0.3) is 0 Å². The van der Waals surface area contributed by atoms with Gasteiger partial charge in [-0.05, 0) is 61.4 Å². The highest BCUT2D eigenvalue weighted by Gasteiger charge is 2.17. The van der Waals surface area contributed by atoms with E-state index in [9.17, 15) is 13.2 Å². The summed E-state index contributed by atoms with van der Waals surface area (Å²) in [6, 6.07) is 16.4. The molecule has 31 heavy (non-hydrogen) atoms. The molecule has 3 aromatic rings. The standard InChI is InChI=1S/C23H24N2O5S/c1-15-6-5-7-16(2)22(15)25-31(27,28)21-10-8-18(9-11-21)24-23(26)17-12-19(29-3)14-20(13-17)30-4/h5-14,25H,1-4H3,(H,24,26). The van der Waals surface area contributed by atoms with Crippen LogP contribution in [0.2, 0.25) is 0 Å². The van der Waals surface area contributed by atoms with Crippen molar-refractivity contribution in [1.29, 1.82) is 0 Å². The lowest BCUT2D eigenvalue weighted by atomic mass is 10.1. The van der Waals surface area contributed by atoms with Gasteiger partial charge < -0.3 is 14.8 Å². The van der Waals surface area contributed by atoms with E-state index in [0.717, 1.165) is 11.1 Å². The van der Waals surface area contributed by atoms with Crippen LogP contribution in [0.3, 0.4) is 0 Å². The fourth-order valence-electron chi connectivity index (χ4n) is 3.03. The lowest BCUT2D eigenvalue weighted by molar-refractivity contribution is 0.102. The van der Waals surface area contributed by atoms with E-state index in [1.54, 1.807) is 18.2 Å². The van der Waals surface area contributed by atoms with Crippen molar-refractivity contribution >= 4 is 27.3 Å². The number of nitrogens with one attached hydrogen (secondary N) is 2. The molecule has 0 saturated carbocycles. The summed E-state index contributed by atoms with van der Waals surface area (Å²) >= 11 is 0. The lowest BCUT2D eigenvalue weighted by Crippen LogP contribution is -2.15. The van der Waals surface area contributed by atoms with Gasteiger partial charge in [0.25, 0.3) is 15.9 Å². The molecule has 162 valence electrons. The molecule has 3 aromatic carbocycles. The Balaban J connectivity index is 1.78. The molecule has 0 aliphatic heterocycles. The van der Waals surface area contributed by atoms with Crippen molar-refractivity contribution in [3.8, 4) is 11.5 Å². The summed E-state index contributed by atoms with van der Waals surface area (Å²) < 4.78 is 38.6. The van der Waals surface area contributed by atoms with Gasteiger partial charge in [0.15, 0.2) is 0 Å². The average Bonchev–Trinajstić information content (AvgIpc) is 2.76. The van der Waals surface area contributed by atoms with Crippen molar-refractivity contribution < 1.29 is 22.7 Å². The molecule has 0 unspecified atom stereocenters. The molecule has 0 fully saturated rings. The summed E-state index contributed by atoms with van der Waals surface area (Å²) in [5.74, 6) is 0.605. The van der Waals surface area contributed by atoms with Crippen LogP contribution in [0.15, 0.2) is 65.6 Å². The number of amides is 1. The Morgan fingerprint density at radius 2 is 1.39 bits per heavy atom. The second-order valence-electron chi connectivity index (χ2n) is 6.95. The smallest absolute Gasteiger partial charge is 0.261 e. The molecule has 0 bridgehead atoms. The summed E-state index contributed by atoms with van der Waals surface area (Å²) in [5.41, 5.74) is 3.04. The first-order valence-corrected chi connectivity index (χ1v) is 11.0. The average molecular weight is 441 g/mol. The van der Waals surface area contributed by atoms with Crippen molar-refractivity contribution in [1.82, 2.24) is 0 Å². The predicted molar refractivity (Wildman–Crippen MR) is 121 cm³/mol. The van der Waals surface area contributed by atoms with Crippen LogP contribution in [0.4, 0.5) is 11.4 Å². The summed E-state index contributed by atoms with van der Waals surface area (Å²) in [6.07, 6.45) is 0. The minimum absolute atomic E-state index is 0.0937. The highest BCUT2D eigenvalue weighted by atomic mass is 32.2. The number of carbonyl (C=O) groups is 1. The summed E-state index contributed by atoms with van der Waals surface area (Å²) in [6.45, 7) is 3.69. The van der Waals surface area contributed by atoms with Crippen LogP contribution in [0, 0.1) is 13.8 Å². The van der Waals surface area contributed by atoms with Crippen LogP contribution >= 0.6 is 0 Å². The number of sulfonamides is 1. The number of anilines is 2. The van der Waals surface area contributed by atoms with Gasteiger partial charge in [0.2, 0.25) is 0 Å². The Morgan fingerprint density at radius 3 is 1.90 bits per heavy atom. The van der Waals surface area contributed by atoms with E-state index in [1.165, 1.54) is 38.5 Å². The summed E-state index contributed by atoms with van der Waals surface area (Å²) in [5, 5.41) is 2.74. The van der Waals surface area contributed by atoms with Gasteiger partial charge in [-0.1, -0.05) is 18.2 Å². The molecular weight excluding hydrogens is 416 g/mol. The van der Waals surface area contributed by atoms with Crippen LogP contribution in [0.1, 0.15) is 21.5 Å². The van der Waals surface area contributed by atoms with Crippen LogP contribution in [0.5, 0.6) is 11.5 Å². The minimum atomic E-state index is -3.77. The molecule has 8 heteroatoms. The molecule has 0 saturated heterocycles. The van der Waals surface area contributed by atoms with E-state index in [1.807, 2.05) is 32.0 Å². The third kappa shape index (κ3) is 5.16. The zero-order valence-electron chi connectivity index (χ0n) is 17.7.